The van der Waals surface area contributed by atoms with E-state index in [9.17, 15) is 5.11 Å². The van der Waals surface area contributed by atoms with Crippen molar-refractivity contribution in [1.82, 2.24) is 5.32 Å². The maximum Gasteiger partial charge on any atom is 0.0914 e. The first-order valence-corrected chi connectivity index (χ1v) is 7.17. The van der Waals surface area contributed by atoms with Gasteiger partial charge in [0, 0.05) is 12.6 Å². The minimum Gasteiger partial charge on any atom is -0.387 e. The SMILES string of the molecule is Cc1ccc([C@@H](O)CN[C@H](C)Cc2ccccc2)cc1. The molecule has 20 heavy (non-hydrogen) atoms. The molecule has 0 fully saturated rings. The van der Waals surface area contributed by atoms with Crippen molar-refractivity contribution in [1.29, 1.82) is 0 Å². The molecule has 0 aliphatic carbocycles. The maximum atomic E-state index is 10.2. The van der Waals surface area contributed by atoms with Gasteiger partial charge < -0.3 is 10.4 Å². The summed E-state index contributed by atoms with van der Waals surface area (Å²) >= 11 is 0. The molecule has 106 valence electrons. The number of benzene rings is 2. The van der Waals surface area contributed by atoms with Crippen molar-refractivity contribution in [2.24, 2.45) is 0 Å². The number of aliphatic hydroxyl groups excluding tert-OH is 1. The fraction of sp³-hybridized carbons (Fsp3) is 0.333. The van der Waals surface area contributed by atoms with Crippen LogP contribution < -0.4 is 5.32 Å². The molecular formula is C18H23NO. The Hall–Kier alpha value is -1.64. The zero-order valence-corrected chi connectivity index (χ0v) is 12.2. The highest BCUT2D eigenvalue weighted by Gasteiger charge is 2.09. The van der Waals surface area contributed by atoms with Gasteiger partial charge in [0.1, 0.15) is 0 Å². The summed E-state index contributed by atoms with van der Waals surface area (Å²) in [7, 11) is 0. The van der Waals surface area contributed by atoms with Gasteiger partial charge in [0.15, 0.2) is 0 Å². The van der Waals surface area contributed by atoms with Crippen LogP contribution in [0.2, 0.25) is 0 Å². The molecule has 0 bridgehead atoms. The van der Waals surface area contributed by atoms with Crippen molar-refractivity contribution in [2.45, 2.75) is 32.4 Å². The van der Waals surface area contributed by atoms with Crippen LogP contribution in [-0.2, 0) is 6.42 Å². The topological polar surface area (TPSA) is 32.3 Å². The van der Waals surface area contributed by atoms with Gasteiger partial charge in [-0.15, -0.1) is 0 Å². The second kappa shape index (κ2) is 7.22. The third kappa shape index (κ3) is 4.48. The first-order chi connectivity index (χ1) is 9.65. The third-order valence-corrected chi connectivity index (χ3v) is 3.51. The Labute approximate surface area is 121 Å². The number of hydrogen-bond acceptors (Lipinski definition) is 2. The molecule has 0 unspecified atom stereocenters. The highest BCUT2D eigenvalue weighted by atomic mass is 16.3. The standard InChI is InChI=1S/C18H23NO/c1-14-8-10-17(11-9-14)18(20)13-19-15(2)12-16-6-4-3-5-7-16/h3-11,15,18-20H,12-13H2,1-2H3/t15-,18+/m1/s1. The van der Waals surface area contributed by atoms with E-state index in [4.69, 9.17) is 0 Å². The van der Waals surface area contributed by atoms with E-state index in [1.165, 1.54) is 11.1 Å². The molecule has 0 heterocycles. The minimum atomic E-state index is -0.450. The van der Waals surface area contributed by atoms with E-state index in [2.05, 4.69) is 43.4 Å². The first-order valence-electron chi connectivity index (χ1n) is 7.17. The molecule has 2 heteroatoms. The molecule has 2 rings (SSSR count). The van der Waals surface area contributed by atoms with Crippen LogP contribution in [0.5, 0.6) is 0 Å². The summed E-state index contributed by atoms with van der Waals surface area (Å²) in [4.78, 5) is 0. The van der Waals surface area contributed by atoms with Gasteiger partial charge in [0.25, 0.3) is 0 Å². The van der Waals surface area contributed by atoms with Crippen LogP contribution in [0.4, 0.5) is 0 Å². The van der Waals surface area contributed by atoms with Gasteiger partial charge in [-0.1, -0.05) is 60.2 Å². The summed E-state index contributed by atoms with van der Waals surface area (Å²) in [5, 5.41) is 13.6. The molecule has 0 aliphatic rings. The molecule has 2 aromatic carbocycles. The lowest BCUT2D eigenvalue weighted by Crippen LogP contribution is -2.32. The Morgan fingerprint density at radius 1 is 1.00 bits per heavy atom. The third-order valence-electron chi connectivity index (χ3n) is 3.51. The lowest BCUT2D eigenvalue weighted by atomic mass is 10.1. The zero-order valence-electron chi connectivity index (χ0n) is 12.2. The first kappa shape index (κ1) is 14.8. The molecule has 0 spiro atoms. The fourth-order valence-corrected chi connectivity index (χ4v) is 2.26. The van der Waals surface area contributed by atoms with E-state index in [0.29, 0.717) is 12.6 Å². The summed E-state index contributed by atoms with van der Waals surface area (Å²) in [5.74, 6) is 0. The normalized spacial score (nSPS) is 13.9. The van der Waals surface area contributed by atoms with Crippen LogP contribution >= 0.6 is 0 Å². The number of rotatable bonds is 6. The van der Waals surface area contributed by atoms with Crippen LogP contribution in [0.15, 0.2) is 54.6 Å². The quantitative estimate of drug-likeness (QED) is 0.843. The zero-order chi connectivity index (χ0) is 14.4. The lowest BCUT2D eigenvalue weighted by Gasteiger charge is -2.17. The number of aliphatic hydroxyl groups is 1. The van der Waals surface area contributed by atoms with Gasteiger partial charge in [-0.3, -0.25) is 0 Å². The molecule has 0 saturated heterocycles. The lowest BCUT2D eigenvalue weighted by molar-refractivity contribution is 0.170. The van der Waals surface area contributed by atoms with E-state index in [0.717, 1.165) is 12.0 Å². The maximum absolute atomic E-state index is 10.2. The number of nitrogens with one attached hydrogen (secondary N) is 1. The largest absolute Gasteiger partial charge is 0.387 e. The second-order valence-corrected chi connectivity index (χ2v) is 5.43. The van der Waals surface area contributed by atoms with E-state index >= 15 is 0 Å². The van der Waals surface area contributed by atoms with E-state index in [-0.39, 0.29) is 0 Å². The predicted molar refractivity (Wildman–Crippen MR) is 83.7 cm³/mol. The average Bonchev–Trinajstić information content (AvgIpc) is 2.46. The smallest absolute Gasteiger partial charge is 0.0914 e. The summed E-state index contributed by atoms with van der Waals surface area (Å²) < 4.78 is 0. The molecule has 2 nitrogen and oxygen atoms in total. The van der Waals surface area contributed by atoms with Crippen molar-refractivity contribution >= 4 is 0 Å². The Morgan fingerprint density at radius 2 is 1.65 bits per heavy atom. The van der Waals surface area contributed by atoms with Gasteiger partial charge in [-0.2, -0.15) is 0 Å². The van der Waals surface area contributed by atoms with Gasteiger partial charge in [-0.05, 0) is 31.4 Å². The molecule has 0 amide bonds. The van der Waals surface area contributed by atoms with E-state index < -0.39 is 6.10 Å². The van der Waals surface area contributed by atoms with Crippen molar-refractivity contribution in [2.75, 3.05) is 6.54 Å². The minimum absolute atomic E-state index is 0.345. The number of aryl methyl sites for hydroxylation is 1. The molecule has 0 radical (unpaired) electrons. The van der Waals surface area contributed by atoms with Crippen LogP contribution in [0, 0.1) is 6.92 Å². The van der Waals surface area contributed by atoms with Gasteiger partial charge in [0.2, 0.25) is 0 Å². The molecule has 0 aliphatic heterocycles. The van der Waals surface area contributed by atoms with Gasteiger partial charge in [0.05, 0.1) is 6.10 Å². The molecule has 2 atom stereocenters. The Balaban J connectivity index is 1.81. The monoisotopic (exact) mass is 269 g/mol. The molecule has 2 N–H and O–H groups in total. The summed E-state index contributed by atoms with van der Waals surface area (Å²) in [5.41, 5.74) is 3.50. The predicted octanol–water partition coefficient (Wildman–Crippen LogP) is 3.25. The molecular weight excluding hydrogens is 246 g/mol. The van der Waals surface area contributed by atoms with E-state index in [1.807, 2.05) is 30.3 Å². The van der Waals surface area contributed by atoms with Gasteiger partial charge >= 0.3 is 0 Å². The second-order valence-electron chi connectivity index (χ2n) is 5.43. The van der Waals surface area contributed by atoms with Crippen LogP contribution in [0.25, 0.3) is 0 Å². The Kier molecular flexibility index (Phi) is 5.33. The molecule has 0 saturated carbocycles. The molecule has 0 aromatic heterocycles. The average molecular weight is 269 g/mol. The molecule has 2 aromatic rings. The van der Waals surface area contributed by atoms with Crippen molar-refractivity contribution in [3.05, 3.63) is 71.3 Å². The Bertz CT molecular complexity index is 507. The van der Waals surface area contributed by atoms with Crippen LogP contribution in [-0.4, -0.2) is 17.7 Å². The summed E-state index contributed by atoms with van der Waals surface area (Å²) in [6.45, 7) is 4.78. The van der Waals surface area contributed by atoms with Crippen molar-refractivity contribution < 1.29 is 5.11 Å². The fourth-order valence-electron chi connectivity index (χ4n) is 2.26. The van der Waals surface area contributed by atoms with Crippen LogP contribution in [0.3, 0.4) is 0 Å². The van der Waals surface area contributed by atoms with Crippen LogP contribution in [0.1, 0.15) is 29.7 Å². The van der Waals surface area contributed by atoms with Crippen molar-refractivity contribution in [3.63, 3.8) is 0 Å². The number of hydrogen-bond donors (Lipinski definition) is 2. The van der Waals surface area contributed by atoms with Gasteiger partial charge in [-0.25, -0.2) is 0 Å². The van der Waals surface area contributed by atoms with E-state index in [1.54, 1.807) is 0 Å². The Morgan fingerprint density at radius 3 is 2.30 bits per heavy atom. The highest BCUT2D eigenvalue weighted by molar-refractivity contribution is 5.23. The summed E-state index contributed by atoms with van der Waals surface area (Å²) in [6.07, 6.45) is 0.524. The summed E-state index contributed by atoms with van der Waals surface area (Å²) in [6, 6.07) is 18.8. The highest BCUT2D eigenvalue weighted by Crippen LogP contribution is 2.13. The van der Waals surface area contributed by atoms with Crippen molar-refractivity contribution in [3.8, 4) is 0 Å².